The van der Waals surface area contributed by atoms with Crippen LogP contribution in [-0.4, -0.2) is 0 Å². The van der Waals surface area contributed by atoms with Gasteiger partial charge in [-0.1, -0.05) is 165 Å². The fourth-order valence-corrected chi connectivity index (χ4v) is 8.05. The van der Waals surface area contributed by atoms with E-state index in [1.807, 2.05) is 36.4 Å². The Hall–Kier alpha value is -5.40. The Morgan fingerprint density at radius 3 is 1.77 bits per heavy atom. The van der Waals surface area contributed by atoms with E-state index in [1.54, 1.807) is 0 Å². The first-order valence-corrected chi connectivity index (χ1v) is 17.0. The third kappa shape index (κ3) is 5.13. The zero-order chi connectivity index (χ0) is 31.7. The van der Waals surface area contributed by atoms with Crippen molar-refractivity contribution in [2.75, 3.05) is 0 Å². The molecule has 0 saturated heterocycles. The maximum absolute atomic E-state index is 6.75. The molecule has 1 aliphatic carbocycles. The highest BCUT2D eigenvalue weighted by Gasteiger charge is 2.21. The molecule has 47 heavy (non-hydrogen) atoms. The number of rotatable bonds is 6. The Morgan fingerprint density at radius 1 is 0.532 bits per heavy atom. The molecule has 0 atom stereocenters. The van der Waals surface area contributed by atoms with E-state index in [1.165, 1.54) is 92.2 Å². The molecule has 7 aromatic rings. The molecule has 0 aromatic heterocycles. The summed E-state index contributed by atoms with van der Waals surface area (Å²) in [5.41, 5.74) is 17.0. The molecule has 228 valence electrons. The molecule has 0 radical (unpaired) electrons. The molecule has 1 heteroatoms. The van der Waals surface area contributed by atoms with Gasteiger partial charge in [0.05, 0.1) is 0 Å². The third-order valence-corrected chi connectivity index (χ3v) is 10.2. The van der Waals surface area contributed by atoms with Gasteiger partial charge in [0.2, 0.25) is 0 Å². The zero-order valence-electron chi connectivity index (χ0n) is 26.8. The minimum atomic E-state index is 0.649. The number of hydrogen-bond donors (Lipinski definition) is 1. The zero-order valence-corrected chi connectivity index (χ0v) is 26.8. The summed E-state index contributed by atoms with van der Waals surface area (Å²) in [5.74, 6) is 0.649. The standard InChI is InChI=1S/C46H39N/c1-2-35(46(47)32-18-7-4-8-19-32)33-20-13-21-34(30-33)44-40-22-9-11-24-42(40)45(43-25-12-10-23-41(43)44)39-29-15-27-37-36(26-14-28-38(37)39)31-16-5-3-6-17-31/h2,4,7-15,18-31H,1,3,5-6,16-17,47H2/b46-35+. The summed E-state index contributed by atoms with van der Waals surface area (Å²) in [6.45, 7) is 4.15. The second-order valence-corrected chi connectivity index (χ2v) is 12.9. The molecule has 0 heterocycles. The predicted octanol–water partition coefficient (Wildman–Crippen LogP) is 12.5. The van der Waals surface area contributed by atoms with E-state index in [4.69, 9.17) is 5.73 Å². The number of nitrogens with two attached hydrogens (primary N) is 1. The maximum Gasteiger partial charge on any atom is 0.0467 e. The van der Waals surface area contributed by atoms with Crippen LogP contribution >= 0.6 is 0 Å². The first-order chi connectivity index (χ1) is 23.2. The first-order valence-electron chi connectivity index (χ1n) is 17.0. The lowest BCUT2D eigenvalue weighted by Crippen LogP contribution is -2.05. The lowest BCUT2D eigenvalue weighted by molar-refractivity contribution is 0.445. The van der Waals surface area contributed by atoms with Crippen LogP contribution < -0.4 is 5.73 Å². The monoisotopic (exact) mass is 605 g/mol. The molecule has 0 bridgehead atoms. The molecule has 7 aromatic carbocycles. The van der Waals surface area contributed by atoms with Gasteiger partial charge in [-0.2, -0.15) is 0 Å². The smallest absolute Gasteiger partial charge is 0.0467 e. The minimum absolute atomic E-state index is 0.649. The van der Waals surface area contributed by atoms with Crippen molar-refractivity contribution < 1.29 is 0 Å². The molecular weight excluding hydrogens is 567 g/mol. The van der Waals surface area contributed by atoms with Crippen LogP contribution in [0.25, 0.3) is 65.8 Å². The van der Waals surface area contributed by atoms with Gasteiger partial charge in [0.15, 0.2) is 0 Å². The lowest BCUT2D eigenvalue weighted by Gasteiger charge is -2.24. The first kappa shape index (κ1) is 29.0. The van der Waals surface area contributed by atoms with E-state index in [2.05, 4.69) is 116 Å². The molecule has 1 saturated carbocycles. The number of allylic oxidation sites excluding steroid dienone is 2. The Bertz CT molecular complexity index is 2240. The van der Waals surface area contributed by atoms with Crippen molar-refractivity contribution in [3.05, 3.63) is 169 Å². The molecule has 1 nitrogen and oxygen atoms in total. The van der Waals surface area contributed by atoms with Gasteiger partial charge < -0.3 is 5.73 Å². The van der Waals surface area contributed by atoms with Gasteiger partial charge in [-0.25, -0.2) is 0 Å². The Balaban J connectivity index is 1.37. The van der Waals surface area contributed by atoms with Crippen molar-refractivity contribution in [1.29, 1.82) is 0 Å². The fourth-order valence-electron chi connectivity index (χ4n) is 8.05. The van der Waals surface area contributed by atoms with Gasteiger partial charge >= 0.3 is 0 Å². The Morgan fingerprint density at radius 2 is 1.09 bits per heavy atom. The molecule has 2 N–H and O–H groups in total. The number of hydrogen-bond acceptors (Lipinski definition) is 1. The summed E-state index contributed by atoms with van der Waals surface area (Å²) >= 11 is 0. The SMILES string of the molecule is C=C/C(=C(\N)c1ccccc1)c1cccc(-c2c3ccccc3c(-c3cccc4c(C5CCCCC5)cccc34)c3ccccc23)c1. The van der Waals surface area contributed by atoms with E-state index in [0.29, 0.717) is 5.92 Å². The van der Waals surface area contributed by atoms with Gasteiger partial charge in [-0.3, -0.25) is 0 Å². The van der Waals surface area contributed by atoms with Gasteiger partial charge in [0.25, 0.3) is 0 Å². The molecule has 0 amide bonds. The van der Waals surface area contributed by atoms with Crippen molar-refractivity contribution in [2.45, 2.75) is 38.0 Å². The third-order valence-electron chi connectivity index (χ3n) is 10.2. The highest BCUT2D eigenvalue weighted by molar-refractivity contribution is 6.23. The molecule has 0 spiro atoms. The molecule has 0 aliphatic heterocycles. The van der Waals surface area contributed by atoms with Crippen molar-refractivity contribution >= 4 is 43.6 Å². The minimum Gasteiger partial charge on any atom is -0.398 e. The molecule has 8 rings (SSSR count). The van der Waals surface area contributed by atoms with E-state index < -0.39 is 0 Å². The second-order valence-electron chi connectivity index (χ2n) is 12.9. The molecule has 1 fully saturated rings. The van der Waals surface area contributed by atoms with Gasteiger partial charge in [0, 0.05) is 11.3 Å². The quantitative estimate of drug-likeness (QED) is 0.114. The average Bonchev–Trinajstić information content (AvgIpc) is 3.14. The summed E-state index contributed by atoms with van der Waals surface area (Å²) in [4.78, 5) is 0. The van der Waals surface area contributed by atoms with Gasteiger partial charge in [-0.05, 0) is 96.1 Å². The van der Waals surface area contributed by atoms with Crippen molar-refractivity contribution in [2.24, 2.45) is 5.73 Å². The van der Waals surface area contributed by atoms with E-state index >= 15 is 0 Å². The lowest BCUT2D eigenvalue weighted by atomic mass is 9.80. The van der Waals surface area contributed by atoms with Crippen LogP contribution in [0.3, 0.4) is 0 Å². The van der Waals surface area contributed by atoms with Crippen molar-refractivity contribution in [3.63, 3.8) is 0 Å². The van der Waals surface area contributed by atoms with Crippen molar-refractivity contribution in [3.8, 4) is 22.3 Å². The van der Waals surface area contributed by atoms with E-state index in [-0.39, 0.29) is 0 Å². The van der Waals surface area contributed by atoms with Crippen LogP contribution in [0.1, 0.15) is 54.7 Å². The highest BCUT2D eigenvalue weighted by atomic mass is 14.6. The largest absolute Gasteiger partial charge is 0.398 e. The topological polar surface area (TPSA) is 26.0 Å². The summed E-state index contributed by atoms with van der Waals surface area (Å²) < 4.78 is 0. The van der Waals surface area contributed by atoms with E-state index in [9.17, 15) is 0 Å². The van der Waals surface area contributed by atoms with Crippen LogP contribution in [0.2, 0.25) is 0 Å². The van der Waals surface area contributed by atoms with Crippen LogP contribution in [0.4, 0.5) is 0 Å². The number of benzene rings is 7. The van der Waals surface area contributed by atoms with Crippen LogP contribution in [0.15, 0.2) is 152 Å². The summed E-state index contributed by atoms with van der Waals surface area (Å²) in [5, 5.41) is 7.79. The second kappa shape index (κ2) is 12.4. The molecule has 1 aliphatic rings. The van der Waals surface area contributed by atoms with Crippen molar-refractivity contribution in [1.82, 2.24) is 0 Å². The maximum atomic E-state index is 6.75. The highest BCUT2D eigenvalue weighted by Crippen LogP contribution is 2.46. The molecule has 0 unspecified atom stereocenters. The summed E-state index contributed by atoms with van der Waals surface area (Å²) in [6, 6.07) is 50.7. The van der Waals surface area contributed by atoms with Gasteiger partial charge in [0.1, 0.15) is 0 Å². The molecular formula is C46H39N. The summed E-state index contributed by atoms with van der Waals surface area (Å²) in [6.07, 6.45) is 8.50. The Kier molecular flexibility index (Phi) is 7.67. The van der Waals surface area contributed by atoms with Gasteiger partial charge in [-0.15, -0.1) is 0 Å². The Labute approximate surface area is 277 Å². The average molecular weight is 606 g/mol. The number of fused-ring (bicyclic) bond motifs is 3. The van der Waals surface area contributed by atoms with Crippen LogP contribution in [0, 0.1) is 0 Å². The van der Waals surface area contributed by atoms with Crippen LogP contribution in [-0.2, 0) is 0 Å². The normalized spacial score (nSPS) is 14.4. The summed E-state index contributed by atoms with van der Waals surface area (Å²) in [7, 11) is 0. The van der Waals surface area contributed by atoms with E-state index in [0.717, 1.165) is 22.4 Å². The van der Waals surface area contributed by atoms with Crippen LogP contribution in [0.5, 0.6) is 0 Å². The fraction of sp³-hybridized carbons (Fsp3) is 0.130. The predicted molar refractivity (Wildman–Crippen MR) is 203 cm³/mol.